The first kappa shape index (κ1) is 16.8. The summed E-state index contributed by atoms with van der Waals surface area (Å²) < 4.78 is 5.29. The molecule has 3 N–H and O–H groups in total. The number of thiophene rings is 1. The van der Waals surface area contributed by atoms with Gasteiger partial charge in [0.15, 0.2) is 11.5 Å². The molecule has 0 amide bonds. The number of carbonyl (C=O) groups excluding carboxylic acids is 1. The summed E-state index contributed by atoms with van der Waals surface area (Å²) in [6.07, 6.45) is 1.04. The molecule has 0 aliphatic rings. The van der Waals surface area contributed by atoms with E-state index in [0.717, 1.165) is 37.6 Å². The Balaban J connectivity index is 2.59. The summed E-state index contributed by atoms with van der Waals surface area (Å²) in [6, 6.07) is 0. The van der Waals surface area contributed by atoms with Gasteiger partial charge < -0.3 is 20.7 Å². The molecular formula is C14H25N3O2S. The van der Waals surface area contributed by atoms with Crippen LogP contribution in [0.15, 0.2) is 0 Å². The molecule has 114 valence electrons. The highest BCUT2D eigenvalue weighted by Gasteiger charge is 2.19. The largest absolute Gasteiger partial charge is 0.492 e. The fourth-order valence-electron chi connectivity index (χ4n) is 2.05. The summed E-state index contributed by atoms with van der Waals surface area (Å²) in [5.74, 6) is 0.560. The van der Waals surface area contributed by atoms with Gasteiger partial charge in [0.25, 0.3) is 0 Å². The molecule has 0 aliphatic heterocycles. The molecule has 0 saturated heterocycles. The molecule has 1 aromatic heterocycles. The van der Waals surface area contributed by atoms with E-state index in [0.29, 0.717) is 16.3 Å². The molecule has 0 radical (unpaired) electrons. The molecule has 0 atom stereocenters. The van der Waals surface area contributed by atoms with Crippen molar-refractivity contribution < 1.29 is 9.53 Å². The molecule has 0 aromatic carbocycles. The Kier molecular flexibility index (Phi) is 6.81. The molecule has 20 heavy (non-hydrogen) atoms. The topological polar surface area (TPSA) is 67.6 Å². The normalized spacial score (nSPS) is 10.8. The monoisotopic (exact) mass is 299 g/mol. The van der Waals surface area contributed by atoms with Crippen molar-refractivity contribution in [1.82, 2.24) is 4.90 Å². The van der Waals surface area contributed by atoms with Gasteiger partial charge in [-0.05, 0) is 26.1 Å². The highest BCUT2D eigenvalue weighted by Crippen LogP contribution is 2.42. The Morgan fingerprint density at radius 3 is 2.55 bits per heavy atom. The highest BCUT2D eigenvalue weighted by atomic mass is 32.1. The number of nitrogens with one attached hydrogen (secondary N) is 1. The number of carbonyl (C=O) groups is 1. The standard InChI is InChI=1S/C14H25N3O2S/c1-5-17(6-2)9-7-8-16-14-12(19-4)11(15)13(20-14)10(3)18/h16H,5-9,15H2,1-4H3. The van der Waals surface area contributed by atoms with E-state index in [9.17, 15) is 4.79 Å². The van der Waals surface area contributed by atoms with E-state index in [2.05, 4.69) is 24.1 Å². The van der Waals surface area contributed by atoms with Crippen molar-refractivity contribution in [2.45, 2.75) is 27.2 Å². The van der Waals surface area contributed by atoms with Gasteiger partial charge in [-0.25, -0.2) is 0 Å². The molecule has 0 aliphatic carbocycles. The van der Waals surface area contributed by atoms with Crippen LogP contribution in [0.3, 0.4) is 0 Å². The van der Waals surface area contributed by atoms with E-state index in [1.54, 1.807) is 7.11 Å². The van der Waals surface area contributed by atoms with Crippen LogP contribution in [0.4, 0.5) is 10.7 Å². The quantitative estimate of drug-likeness (QED) is 0.542. The summed E-state index contributed by atoms with van der Waals surface area (Å²) in [7, 11) is 1.57. The summed E-state index contributed by atoms with van der Waals surface area (Å²) in [5, 5.41) is 4.16. The Bertz CT molecular complexity index is 442. The van der Waals surface area contributed by atoms with Crippen molar-refractivity contribution in [3.63, 3.8) is 0 Å². The Morgan fingerprint density at radius 2 is 2.05 bits per heavy atom. The van der Waals surface area contributed by atoms with Crippen LogP contribution in [0.2, 0.25) is 0 Å². The number of nitrogen functional groups attached to an aromatic ring is 1. The van der Waals surface area contributed by atoms with Crippen LogP contribution < -0.4 is 15.8 Å². The van der Waals surface area contributed by atoms with Crippen molar-refractivity contribution in [1.29, 1.82) is 0 Å². The second kappa shape index (κ2) is 8.11. The number of Topliss-reactive ketones (excluding diaryl/α,β-unsaturated/α-hetero) is 1. The van der Waals surface area contributed by atoms with Crippen molar-refractivity contribution in [3.05, 3.63) is 4.88 Å². The van der Waals surface area contributed by atoms with Gasteiger partial charge in [0, 0.05) is 13.5 Å². The lowest BCUT2D eigenvalue weighted by Gasteiger charge is -2.17. The van der Waals surface area contributed by atoms with Gasteiger partial charge >= 0.3 is 0 Å². The number of hydrogen-bond acceptors (Lipinski definition) is 6. The van der Waals surface area contributed by atoms with E-state index in [1.165, 1.54) is 18.3 Å². The van der Waals surface area contributed by atoms with Gasteiger partial charge in [-0.3, -0.25) is 4.79 Å². The Hall–Kier alpha value is -1.27. The first-order valence-corrected chi connectivity index (χ1v) is 7.80. The van der Waals surface area contributed by atoms with Crippen LogP contribution in [-0.4, -0.2) is 44.0 Å². The fourth-order valence-corrected chi connectivity index (χ4v) is 3.06. The summed E-state index contributed by atoms with van der Waals surface area (Å²) in [5.41, 5.74) is 6.37. The number of hydrogen-bond donors (Lipinski definition) is 2. The minimum absolute atomic E-state index is 0.0259. The second-order valence-electron chi connectivity index (χ2n) is 4.57. The summed E-state index contributed by atoms with van der Waals surface area (Å²) >= 11 is 1.36. The highest BCUT2D eigenvalue weighted by molar-refractivity contribution is 7.19. The molecule has 0 unspecified atom stereocenters. The summed E-state index contributed by atoms with van der Waals surface area (Å²) in [6.45, 7) is 9.89. The Morgan fingerprint density at radius 1 is 1.40 bits per heavy atom. The predicted molar refractivity (Wildman–Crippen MR) is 86.2 cm³/mol. The van der Waals surface area contributed by atoms with Crippen LogP contribution in [0.5, 0.6) is 5.75 Å². The van der Waals surface area contributed by atoms with Crippen LogP contribution in [-0.2, 0) is 0 Å². The van der Waals surface area contributed by atoms with Crippen LogP contribution in [0, 0.1) is 0 Å². The average Bonchev–Trinajstić information content (AvgIpc) is 2.75. The Labute approximate surface area is 125 Å². The van der Waals surface area contributed by atoms with Crippen molar-refractivity contribution >= 4 is 27.8 Å². The maximum Gasteiger partial charge on any atom is 0.176 e. The number of methoxy groups -OCH3 is 1. The molecule has 5 nitrogen and oxygen atoms in total. The van der Waals surface area contributed by atoms with Crippen molar-refractivity contribution in [2.75, 3.05) is 44.3 Å². The van der Waals surface area contributed by atoms with E-state index in [4.69, 9.17) is 10.5 Å². The lowest BCUT2D eigenvalue weighted by molar-refractivity contribution is 0.102. The van der Waals surface area contributed by atoms with Crippen molar-refractivity contribution in [3.8, 4) is 5.75 Å². The van der Waals surface area contributed by atoms with E-state index in [-0.39, 0.29) is 5.78 Å². The van der Waals surface area contributed by atoms with Gasteiger partial charge in [-0.1, -0.05) is 13.8 Å². The predicted octanol–water partition coefficient (Wildman–Crippen LogP) is 2.69. The van der Waals surface area contributed by atoms with E-state index in [1.807, 2.05) is 0 Å². The first-order chi connectivity index (χ1) is 9.54. The van der Waals surface area contributed by atoms with Gasteiger partial charge in [0.1, 0.15) is 5.00 Å². The number of nitrogens with zero attached hydrogens (tertiary/aromatic N) is 1. The third-order valence-corrected chi connectivity index (χ3v) is 4.50. The zero-order valence-corrected chi connectivity index (χ0v) is 13.6. The van der Waals surface area contributed by atoms with Gasteiger partial charge in [-0.2, -0.15) is 0 Å². The zero-order chi connectivity index (χ0) is 15.1. The molecule has 0 bridgehead atoms. The number of ether oxygens (including phenoxy) is 1. The molecule has 1 heterocycles. The SMILES string of the molecule is CCN(CC)CCCNc1sc(C(C)=O)c(N)c1OC. The maximum atomic E-state index is 11.5. The smallest absolute Gasteiger partial charge is 0.176 e. The van der Waals surface area contributed by atoms with E-state index < -0.39 is 0 Å². The first-order valence-electron chi connectivity index (χ1n) is 6.98. The molecular weight excluding hydrogens is 274 g/mol. The fraction of sp³-hybridized carbons (Fsp3) is 0.643. The third-order valence-electron chi connectivity index (χ3n) is 3.25. The van der Waals surface area contributed by atoms with Crippen molar-refractivity contribution in [2.24, 2.45) is 0 Å². The number of nitrogens with two attached hydrogens (primary N) is 1. The van der Waals surface area contributed by atoms with Gasteiger partial charge in [0.05, 0.1) is 17.7 Å². The second-order valence-corrected chi connectivity index (χ2v) is 5.59. The third kappa shape index (κ3) is 4.11. The van der Waals surface area contributed by atoms with E-state index >= 15 is 0 Å². The number of rotatable bonds is 9. The summed E-state index contributed by atoms with van der Waals surface area (Å²) in [4.78, 5) is 14.4. The lowest BCUT2D eigenvalue weighted by atomic mass is 10.3. The van der Waals surface area contributed by atoms with Crippen LogP contribution in [0.25, 0.3) is 0 Å². The minimum atomic E-state index is -0.0259. The number of anilines is 2. The molecule has 0 spiro atoms. The van der Waals surface area contributed by atoms with Gasteiger partial charge in [0.2, 0.25) is 0 Å². The molecule has 0 saturated carbocycles. The molecule has 0 fully saturated rings. The molecule has 1 rings (SSSR count). The maximum absolute atomic E-state index is 11.5. The molecule has 6 heteroatoms. The average molecular weight is 299 g/mol. The molecule has 1 aromatic rings. The van der Waals surface area contributed by atoms with Crippen LogP contribution in [0.1, 0.15) is 36.9 Å². The lowest BCUT2D eigenvalue weighted by Crippen LogP contribution is -2.25. The van der Waals surface area contributed by atoms with Gasteiger partial charge in [-0.15, -0.1) is 11.3 Å². The number of ketones is 1. The van der Waals surface area contributed by atoms with Crippen LogP contribution >= 0.6 is 11.3 Å². The minimum Gasteiger partial charge on any atom is -0.492 e. The zero-order valence-electron chi connectivity index (χ0n) is 12.8.